The van der Waals surface area contributed by atoms with Crippen LogP contribution in [-0.4, -0.2) is 36.7 Å². The molecule has 2 aromatic carbocycles. The highest BCUT2D eigenvalue weighted by molar-refractivity contribution is 7.92. The second-order valence-corrected chi connectivity index (χ2v) is 8.73. The van der Waals surface area contributed by atoms with Crippen LogP contribution in [0.2, 0.25) is 0 Å². The summed E-state index contributed by atoms with van der Waals surface area (Å²) in [6.07, 6.45) is 2.73. The van der Waals surface area contributed by atoms with Crippen molar-refractivity contribution in [2.45, 2.75) is 6.92 Å². The zero-order valence-electron chi connectivity index (χ0n) is 16.7. The molecule has 0 aliphatic heterocycles. The Labute approximate surface area is 174 Å². The Kier molecular flexibility index (Phi) is 5.04. The van der Waals surface area contributed by atoms with Gasteiger partial charge in [-0.2, -0.15) is 4.98 Å². The average Bonchev–Trinajstić information content (AvgIpc) is 3.06. The van der Waals surface area contributed by atoms with Crippen LogP contribution in [-0.2, 0) is 10.0 Å². The van der Waals surface area contributed by atoms with Gasteiger partial charge in [-0.3, -0.25) is 4.72 Å². The first-order valence-electron chi connectivity index (χ1n) is 9.19. The zero-order valence-corrected chi connectivity index (χ0v) is 17.6. The summed E-state index contributed by atoms with van der Waals surface area (Å²) in [5.74, 6) is 1.50. The van der Waals surface area contributed by atoms with Gasteiger partial charge < -0.3 is 14.6 Å². The van der Waals surface area contributed by atoms with Crippen LogP contribution in [0, 0.1) is 6.92 Å². The van der Waals surface area contributed by atoms with Gasteiger partial charge in [0.15, 0.2) is 0 Å². The van der Waals surface area contributed by atoms with Gasteiger partial charge in [0.05, 0.1) is 11.9 Å². The normalized spacial score (nSPS) is 11.4. The lowest BCUT2D eigenvalue weighted by Crippen LogP contribution is -2.14. The molecule has 0 unspecified atom stereocenters. The summed E-state index contributed by atoms with van der Waals surface area (Å²) in [5, 5.41) is 1.06. The van der Waals surface area contributed by atoms with E-state index in [0.717, 1.165) is 28.5 Å². The molecule has 8 nitrogen and oxygen atoms in total. The number of hydrogen-bond acceptors (Lipinski definition) is 6. The number of aromatic amines is 1. The summed E-state index contributed by atoms with van der Waals surface area (Å²) in [4.78, 5) is 13.8. The Bertz CT molecular complexity index is 1320. The predicted octanol–water partition coefficient (Wildman–Crippen LogP) is 4.20. The van der Waals surface area contributed by atoms with E-state index in [1.54, 1.807) is 42.4 Å². The number of nitrogens with zero attached hydrogens (tertiary/aromatic N) is 3. The van der Waals surface area contributed by atoms with Gasteiger partial charge in [-0.25, -0.2) is 13.4 Å². The van der Waals surface area contributed by atoms with Crippen molar-refractivity contribution >= 4 is 38.2 Å². The number of anilines is 3. The lowest BCUT2D eigenvalue weighted by Gasteiger charge is -2.18. The molecule has 0 atom stereocenters. The molecule has 9 heteroatoms. The topological polar surface area (TPSA) is 100 Å². The molecule has 2 heterocycles. The summed E-state index contributed by atoms with van der Waals surface area (Å²) in [6.45, 7) is 2.01. The summed E-state index contributed by atoms with van der Waals surface area (Å²) in [6, 6.07) is 16.5. The van der Waals surface area contributed by atoms with E-state index < -0.39 is 10.0 Å². The van der Waals surface area contributed by atoms with Crippen molar-refractivity contribution in [2.24, 2.45) is 0 Å². The molecule has 4 aromatic rings. The van der Waals surface area contributed by atoms with E-state index >= 15 is 0 Å². The maximum atomic E-state index is 11.5. The van der Waals surface area contributed by atoms with Crippen molar-refractivity contribution in [1.29, 1.82) is 0 Å². The molecule has 0 fully saturated rings. The number of ether oxygens (including phenoxy) is 1. The lowest BCUT2D eigenvalue weighted by atomic mass is 10.2. The van der Waals surface area contributed by atoms with Gasteiger partial charge >= 0.3 is 0 Å². The molecule has 0 aliphatic rings. The fourth-order valence-corrected chi connectivity index (χ4v) is 3.65. The number of aryl methyl sites for hydroxylation is 1. The first-order valence-corrected chi connectivity index (χ1v) is 11.1. The molecule has 154 valence electrons. The number of fused-ring (bicyclic) bond motifs is 1. The molecule has 30 heavy (non-hydrogen) atoms. The van der Waals surface area contributed by atoms with Crippen LogP contribution >= 0.6 is 0 Å². The van der Waals surface area contributed by atoms with E-state index in [4.69, 9.17) is 4.74 Å². The Morgan fingerprint density at radius 2 is 1.93 bits per heavy atom. The molecule has 0 saturated carbocycles. The van der Waals surface area contributed by atoms with Crippen LogP contribution in [0.15, 0.2) is 60.8 Å². The minimum absolute atomic E-state index is 0.406. The fourth-order valence-electron chi connectivity index (χ4n) is 3.10. The van der Waals surface area contributed by atoms with Gasteiger partial charge in [0.2, 0.25) is 21.9 Å². The number of aromatic nitrogens is 3. The third-order valence-electron chi connectivity index (χ3n) is 4.40. The van der Waals surface area contributed by atoms with E-state index in [9.17, 15) is 8.42 Å². The molecule has 0 amide bonds. The van der Waals surface area contributed by atoms with Gasteiger partial charge in [-0.05, 0) is 49.4 Å². The van der Waals surface area contributed by atoms with Gasteiger partial charge in [-0.1, -0.05) is 6.07 Å². The van der Waals surface area contributed by atoms with E-state index in [0.29, 0.717) is 23.3 Å². The standard InChI is InChI=1S/C21H21N5O3S/c1-14-11-15-12-18(7-8-19(15)23-14)29-20-9-10-22-21(24-20)26(2)17-6-4-5-16(13-17)25-30(3,27)28/h4-13,23,25H,1-3H3. The highest BCUT2D eigenvalue weighted by Crippen LogP contribution is 2.28. The van der Waals surface area contributed by atoms with E-state index in [1.165, 1.54) is 0 Å². The van der Waals surface area contributed by atoms with Gasteiger partial charge in [0.1, 0.15) is 5.75 Å². The van der Waals surface area contributed by atoms with Crippen molar-refractivity contribution in [2.75, 3.05) is 22.9 Å². The second-order valence-electron chi connectivity index (χ2n) is 6.98. The summed E-state index contributed by atoms with van der Waals surface area (Å²) >= 11 is 0. The summed E-state index contributed by atoms with van der Waals surface area (Å²) in [7, 11) is -1.56. The average molecular weight is 423 g/mol. The highest BCUT2D eigenvalue weighted by Gasteiger charge is 2.11. The van der Waals surface area contributed by atoms with Gasteiger partial charge in [0, 0.05) is 41.6 Å². The van der Waals surface area contributed by atoms with Crippen LogP contribution in [0.3, 0.4) is 0 Å². The molecule has 2 aromatic heterocycles. The van der Waals surface area contributed by atoms with Crippen molar-refractivity contribution in [3.8, 4) is 11.6 Å². The fraction of sp³-hybridized carbons (Fsp3) is 0.143. The Hall–Kier alpha value is -3.59. The largest absolute Gasteiger partial charge is 0.439 e. The van der Waals surface area contributed by atoms with Crippen molar-refractivity contribution in [1.82, 2.24) is 15.0 Å². The molecule has 2 N–H and O–H groups in total. The predicted molar refractivity (Wildman–Crippen MR) is 118 cm³/mol. The lowest BCUT2D eigenvalue weighted by molar-refractivity contribution is 0.462. The number of H-pyrrole nitrogens is 1. The number of nitrogens with one attached hydrogen (secondary N) is 2. The summed E-state index contributed by atoms with van der Waals surface area (Å²) < 4.78 is 31.4. The van der Waals surface area contributed by atoms with Crippen molar-refractivity contribution < 1.29 is 13.2 Å². The molecule has 0 radical (unpaired) electrons. The molecule has 0 saturated heterocycles. The van der Waals surface area contributed by atoms with Crippen molar-refractivity contribution in [3.05, 3.63) is 66.5 Å². The second kappa shape index (κ2) is 7.68. The van der Waals surface area contributed by atoms with Gasteiger partial charge in [-0.15, -0.1) is 0 Å². The third-order valence-corrected chi connectivity index (χ3v) is 5.01. The third kappa shape index (κ3) is 4.52. The van der Waals surface area contributed by atoms with E-state index in [2.05, 4.69) is 25.7 Å². The first-order chi connectivity index (χ1) is 14.3. The zero-order chi connectivity index (χ0) is 21.3. The molecule has 0 bridgehead atoms. The molecule has 0 spiro atoms. The van der Waals surface area contributed by atoms with Gasteiger partial charge in [0.25, 0.3) is 0 Å². The Morgan fingerprint density at radius 3 is 2.73 bits per heavy atom. The maximum absolute atomic E-state index is 11.5. The SMILES string of the molecule is Cc1cc2cc(Oc3ccnc(N(C)c4cccc(NS(C)(=O)=O)c4)n3)ccc2[nH]1. The molecular weight excluding hydrogens is 402 g/mol. The highest BCUT2D eigenvalue weighted by atomic mass is 32.2. The number of hydrogen-bond donors (Lipinski definition) is 2. The monoisotopic (exact) mass is 423 g/mol. The number of sulfonamides is 1. The van der Waals surface area contributed by atoms with Crippen LogP contribution in [0.25, 0.3) is 10.9 Å². The number of rotatable bonds is 6. The van der Waals surface area contributed by atoms with E-state index in [-0.39, 0.29) is 0 Å². The molecule has 0 aliphatic carbocycles. The Balaban J connectivity index is 1.57. The minimum Gasteiger partial charge on any atom is -0.439 e. The van der Waals surface area contributed by atoms with Crippen LogP contribution in [0.5, 0.6) is 11.6 Å². The van der Waals surface area contributed by atoms with E-state index in [1.807, 2.05) is 31.2 Å². The molecular formula is C21H21N5O3S. The number of benzene rings is 2. The quantitative estimate of drug-likeness (QED) is 0.482. The summed E-state index contributed by atoms with van der Waals surface area (Å²) in [5.41, 5.74) is 3.32. The van der Waals surface area contributed by atoms with Crippen LogP contribution < -0.4 is 14.4 Å². The van der Waals surface area contributed by atoms with Crippen LogP contribution in [0.1, 0.15) is 5.69 Å². The first kappa shape index (κ1) is 19.7. The Morgan fingerprint density at radius 1 is 1.10 bits per heavy atom. The van der Waals surface area contributed by atoms with Crippen molar-refractivity contribution in [3.63, 3.8) is 0 Å². The molecule has 4 rings (SSSR count). The minimum atomic E-state index is -3.36. The maximum Gasteiger partial charge on any atom is 0.232 e. The van der Waals surface area contributed by atoms with Crippen LogP contribution in [0.4, 0.5) is 17.3 Å². The smallest absolute Gasteiger partial charge is 0.232 e.